The van der Waals surface area contributed by atoms with E-state index in [2.05, 4.69) is 10.3 Å². The molecule has 0 fully saturated rings. The lowest BCUT2D eigenvalue weighted by molar-refractivity contribution is 0.0515. The zero-order chi connectivity index (χ0) is 20.3. The van der Waals surface area contributed by atoms with Gasteiger partial charge in [-0.3, -0.25) is 9.59 Å². The summed E-state index contributed by atoms with van der Waals surface area (Å²) in [5.41, 5.74) is -1.23. The predicted molar refractivity (Wildman–Crippen MR) is 98.4 cm³/mol. The molecular formula is C19H17N3O6. The molecule has 3 N–H and O–H groups in total. The number of ether oxygens (including phenoxy) is 1. The second-order valence-electron chi connectivity index (χ2n) is 5.82. The van der Waals surface area contributed by atoms with E-state index in [4.69, 9.17) is 4.74 Å². The molecule has 144 valence electrons. The summed E-state index contributed by atoms with van der Waals surface area (Å²) < 4.78 is 4.87. The van der Waals surface area contributed by atoms with Crippen molar-refractivity contribution in [3.8, 4) is 5.75 Å². The Bertz CT molecular complexity index is 1110. The number of carbonyl (C=O) groups is 2. The van der Waals surface area contributed by atoms with E-state index in [0.29, 0.717) is 0 Å². The Labute approximate surface area is 158 Å². The van der Waals surface area contributed by atoms with Crippen LogP contribution in [0, 0.1) is 0 Å². The van der Waals surface area contributed by atoms with E-state index >= 15 is 0 Å². The number of esters is 1. The summed E-state index contributed by atoms with van der Waals surface area (Å²) in [5.74, 6) is -2.28. The van der Waals surface area contributed by atoms with Crippen LogP contribution >= 0.6 is 0 Å². The molecule has 3 rings (SSSR count). The summed E-state index contributed by atoms with van der Waals surface area (Å²) in [4.78, 5) is 40.3. The standard InChI is InChI=1S/C19H17N3O6/c1-2-28-19(26)14-15(23)13-8-12(10-20-16(13)22(27)18(14)25)17(24)21-9-11-6-4-3-5-7-11/h3-8,10,23,27H,2,9H2,1H3,(H,21,24). The Morgan fingerprint density at radius 3 is 2.64 bits per heavy atom. The molecule has 0 saturated carbocycles. The van der Waals surface area contributed by atoms with Crippen LogP contribution in [0.3, 0.4) is 0 Å². The molecule has 0 saturated heterocycles. The van der Waals surface area contributed by atoms with Crippen LogP contribution in [0.1, 0.15) is 33.2 Å². The van der Waals surface area contributed by atoms with Crippen molar-refractivity contribution in [2.75, 3.05) is 6.61 Å². The van der Waals surface area contributed by atoms with E-state index in [0.717, 1.165) is 11.8 Å². The van der Waals surface area contributed by atoms with Gasteiger partial charge >= 0.3 is 11.5 Å². The number of aromatic nitrogens is 2. The predicted octanol–water partition coefficient (Wildman–Crippen LogP) is 1.45. The van der Waals surface area contributed by atoms with Gasteiger partial charge in [-0.1, -0.05) is 30.3 Å². The first kappa shape index (κ1) is 18.9. The molecule has 9 heteroatoms. The minimum absolute atomic E-state index is 0.0264. The number of fused-ring (bicyclic) bond motifs is 1. The number of hydrogen-bond donors (Lipinski definition) is 3. The van der Waals surface area contributed by atoms with Gasteiger partial charge in [0, 0.05) is 12.7 Å². The Morgan fingerprint density at radius 2 is 1.96 bits per heavy atom. The zero-order valence-corrected chi connectivity index (χ0v) is 14.9. The maximum atomic E-state index is 12.4. The van der Waals surface area contributed by atoms with Crippen LogP contribution in [0.25, 0.3) is 11.0 Å². The van der Waals surface area contributed by atoms with Crippen molar-refractivity contribution in [3.63, 3.8) is 0 Å². The Kier molecular flexibility index (Phi) is 5.25. The van der Waals surface area contributed by atoms with Gasteiger partial charge in [-0.15, -0.1) is 4.73 Å². The molecular weight excluding hydrogens is 366 g/mol. The lowest BCUT2D eigenvalue weighted by Crippen LogP contribution is -2.27. The number of nitrogens with one attached hydrogen (secondary N) is 1. The highest BCUT2D eigenvalue weighted by atomic mass is 16.5. The van der Waals surface area contributed by atoms with Crippen LogP contribution < -0.4 is 10.9 Å². The van der Waals surface area contributed by atoms with Crippen molar-refractivity contribution in [2.24, 2.45) is 0 Å². The highest BCUT2D eigenvalue weighted by Gasteiger charge is 2.24. The molecule has 0 unspecified atom stereocenters. The van der Waals surface area contributed by atoms with E-state index in [1.807, 2.05) is 30.3 Å². The van der Waals surface area contributed by atoms with E-state index in [1.165, 1.54) is 13.0 Å². The summed E-state index contributed by atoms with van der Waals surface area (Å²) >= 11 is 0. The average Bonchev–Trinajstić information content (AvgIpc) is 2.71. The quantitative estimate of drug-likeness (QED) is 0.449. The van der Waals surface area contributed by atoms with E-state index in [9.17, 15) is 24.7 Å². The number of carbonyl (C=O) groups excluding carboxylic acids is 2. The van der Waals surface area contributed by atoms with Crippen molar-refractivity contribution < 1.29 is 24.6 Å². The Hall–Kier alpha value is -3.88. The zero-order valence-electron chi connectivity index (χ0n) is 14.9. The van der Waals surface area contributed by atoms with E-state index in [1.54, 1.807) is 0 Å². The van der Waals surface area contributed by atoms with Crippen molar-refractivity contribution in [2.45, 2.75) is 13.5 Å². The molecule has 0 bridgehead atoms. The van der Waals surface area contributed by atoms with Crippen LogP contribution in [-0.4, -0.2) is 38.5 Å². The van der Waals surface area contributed by atoms with Crippen LogP contribution in [0.5, 0.6) is 5.75 Å². The summed E-state index contributed by atoms with van der Waals surface area (Å²) in [7, 11) is 0. The molecule has 0 aliphatic carbocycles. The smallest absolute Gasteiger partial charge is 0.347 e. The van der Waals surface area contributed by atoms with Crippen LogP contribution in [0.4, 0.5) is 0 Å². The van der Waals surface area contributed by atoms with Gasteiger partial charge in [0.25, 0.3) is 5.91 Å². The molecule has 1 amide bonds. The van der Waals surface area contributed by atoms with E-state index in [-0.39, 0.29) is 34.5 Å². The summed E-state index contributed by atoms with van der Waals surface area (Å²) in [6, 6.07) is 10.5. The first-order valence-corrected chi connectivity index (χ1v) is 8.40. The largest absolute Gasteiger partial charge is 0.506 e. The van der Waals surface area contributed by atoms with Gasteiger partial charge in [0.2, 0.25) is 0 Å². The van der Waals surface area contributed by atoms with Gasteiger partial charge in [0.15, 0.2) is 11.2 Å². The molecule has 2 heterocycles. The van der Waals surface area contributed by atoms with Gasteiger partial charge < -0.3 is 20.4 Å². The van der Waals surface area contributed by atoms with Gasteiger partial charge in [-0.2, -0.15) is 0 Å². The van der Waals surface area contributed by atoms with Crippen LogP contribution in [0.2, 0.25) is 0 Å². The highest BCUT2D eigenvalue weighted by Crippen LogP contribution is 2.26. The van der Waals surface area contributed by atoms with Crippen molar-refractivity contribution in [1.82, 2.24) is 15.0 Å². The fourth-order valence-corrected chi connectivity index (χ4v) is 2.63. The van der Waals surface area contributed by atoms with Crippen molar-refractivity contribution >= 4 is 22.9 Å². The second kappa shape index (κ2) is 7.78. The minimum Gasteiger partial charge on any atom is -0.506 e. The molecule has 0 aliphatic heterocycles. The molecule has 0 aliphatic rings. The van der Waals surface area contributed by atoms with Crippen LogP contribution in [0.15, 0.2) is 47.4 Å². The summed E-state index contributed by atoms with van der Waals surface area (Å²) in [5, 5.41) is 22.9. The number of hydrogen-bond acceptors (Lipinski definition) is 7. The first-order valence-electron chi connectivity index (χ1n) is 8.40. The number of nitrogens with zero attached hydrogens (tertiary/aromatic N) is 2. The number of pyridine rings is 2. The first-order chi connectivity index (χ1) is 13.4. The fraction of sp³-hybridized carbons (Fsp3) is 0.158. The molecule has 0 atom stereocenters. The second-order valence-corrected chi connectivity index (χ2v) is 5.82. The highest BCUT2D eigenvalue weighted by molar-refractivity contribution is 6.02. The molecule has 0 spiro atoms. The number of aromatic hydroxyl groups is 1. The lowest BCUT2D eigenvalue weighted by atomic mass is 10.1. The SMILES string of the molecule is CCOC(=O)c1c(O)c2cc(C(=O)NCc3ccccc3)cnc2n(O)c1=O. The normalized spacial score (nSPS) is 10.6. The molecule has 28 heavy (non-hydrogen) atoms. The third-order valence-electron chi connectivity index (χ3n) is 4.00. The molecule has 1 aromatic carbocycles. The third kappa shape index (κ3) is 3.50. The monoisotopic (exact) mass is 383 g/mol. The number of benzene rings is 1. The third-order valence-corrected chi connectivity index (χ3v) is 4.00. The minimum atomic E-state index is -1.17. The average molecular weight is 383 g/mol. The molecule has 3 aromatic rings. The molecule has 0 radical (unpaired) electrons. The maximum absolute atomic E-state index is 12.4. The fourth-order valence-electron chi connectivity index (χ4n) is 2.63. The van der Waals surface area contributed by atoms with Gasteiger partial charge in [0.1, 0.15) is 5.75 Å². The topological polar surface area (TPSA) is 131 Å². The van der Waals surface area contributed by atoms with Crippen molar-refractivity contribution in [3.05, 3.63) is 69.6 Å². The molecule has 2 aromatic heterocycles. The van der Waals surface area contributed by atoms with Crippen LogP contribution in [-0.2, 0) is 11.3 Å². The summed E-state index contributed by atoms with van der Waals surface area (Å²) in [6.45, 7) is 1.78. The van der Waals surface area contributed by atoms with Gasteiger partial charge in [-0.25, -0.2) is 9.78 Å². The Morgan fingerprint density at radius 1 is 1.25 bits per heavy atom. The van der Waals surface area contributed by atoms with Gasteiger partial charge in [-0.05, 0) is 18.6 Å². The van der Waals surface area contributed by atoms with Crippen molar-refractivity contribution in [1.29, 1.82) is 0 Å². The maximum Gasteiger partial charge on any atom is 0.347 e. The number of rotatable bonds is 5. The molecule has 9 nitrogen and oxygen atoms in total. The van der Waals surface area contributed by atoms with E-state index < -0.39 is 28.7 Å². The number of amides is 1. The Balaban J connectivity index is 1.99. The lowest BCUT2D eigenvalue weighted by Gasteiger charge is -2.11. The van der Waals surface area contributed by atoms with Gasteiger partial charge in [0.05, 0.1) is 17.6 Å². The summed E-state index contributed by atoms with van der Waals surface area (Å²) in [6.07, 6.45) is 1.15.